The SMILES string of the molecule is CN(C)CCN(CC(=O)O)C(=O)[C@@H]1SCCc2ccccc21. The third-order valence-corrected chi connectivity index (χ3v) is 4.90. The summed E-state index contributed by atoms with van der Waals surface area (Å²) in [4.78, 5) is 27.3. The molecule has 0 radical (unpaired) electrons. The number of aliphatic carboxylic acids is 1. The topological polar surface area (TPSA) is 60.9 Å². The third-order valence-electron chi connectivity index (χ3n) is 3.67. The molecule has 1 aromatic carbocycles. The van der Waals surface area contributed by atoms with Crippen molar-refractivity contribution in [3.8, 4) is 0 Å². The van der Waals surface area contributed by atoms with E-state index in [0.29, 0.717) is 13.1 Å². The number of amides is 1. The maximum Gasteiger partial charge on any atom is 0.323 e. The van der Waals surface area contributed by atoms with Crippen LogP contribution >= 0.6 is 11.8 Å². The summed E-state index contributed by atoms with van der Waals surface area (Å²) < 4.78 is 0. The summed E-state index contributed by atoms with van der Waals surface area (Å²) in [5.41, 5.74) is 2.23. The Hall–Kier alpha value is -1.53. The summed E-state index contributed by atoms with van der Waals surface area (Å²) >= 11 is 1.61. The molecule has 2 rings (SSSR count). The molecule has 0 fully saturated rings. The van der Waals surface area contributed by atoms with Crippen LogP contribution < -0.4 is 0 Å². The molecule has 0 spiro atoms. The number of nitrogens with zero attached hydrogens (tertiary/aromatic N) is 2. The molecule has 120 valence electrons. The van der Waals surface area contributed by atoms with Crippen molar-refractivity contribution < 1.29 is 14.7 Å². The van der Waals surface area contributed by atoms with Crippen LogP contribution in [0.25, 0.3) is 0 Å². The Balaban J connectivity index is 2.17. The Bertz CT molecular complexity index is 548. The summed E-state index contributed by atoms with van der Waals surface area (Å²) in [5.74, 6) is -0.176. The van der Waals surface area contributed by atoms with Crippen molar-refractivity contribution in [2.45, 2.75) is 11.7 Å². The molecule has 0 aliphatic carbocycles. The average Bonchev–Trinajstić information content (AvgIpc) is 2.49. The van der Waals surface area contributed by atoms with Gasteiger partial charge in [0.05, 0.1) is 0 Å². The van der Waals surface area contributed by atoms with Gasteiger partial charge in [0, 0.05) is 13.1 Å². The van der Waals surface area contributed by atoms with E-state index in [1.807, 2.05) is 37.2 Å². The van der Waals surface area contributed by atoms with Gasteiger partial charge in [0.1, 0.15) is 11.8 Å². The largest absolute Gasteiger partial charge is 0.480 e. The Morgan fingerprint density at radius 2 is 2.00 bits per heavy atom. The van der Waals surface area contributed by atoms with Crippen LogP contribution in [0, 0.1) is 0 Å². The van der Waals surface area contributed by atoms with Crippen LogP contribution in [-0.2, 0) is 16.0 Å². The fourth-order valence-electron chi connectivity index (χ4n) is 2.52. The van der Waals surface area contributed by atoms with E-state index in [1.54, 1.807) is 11.8 Å². The molecule has 0 aromatic heterocycles. The standard InChI is InChI=1S/C16H22N2O3S/c1-17(2)8-9-18(11-14(19)20)16(21)15-13-6-4-3-5-12(13)7-10-22-15/h3-6,15H,7-11H2,1-2H3,(H,19,20)/t15-/m1/s1. The minimum atomic E-state index is -0.971. The van der Waals surface area contributed by atoms with Crippen LogP contribution in [0.4, 0.5) is 0 Å². The predicted octanol–water partition coefficient (Wildman–Crippen LogP) is 1.49. The van der Waals surface area contributed by atoms with Crippen molar-refractivity contribution in [2.24, 2.45) is 0 Å². The number of carbonyl (C=O) groups is 2. The third kappa shape index (κ3) is 4.24. The van der Waals surface area contributed by atoms with Crippen LogP contribution in [0.1, 0.15) is 16.4 Å². The van der Waals surface area contributed by atoms with Gasteiger partial charge in [0.2, 0.25) is 5.91 Å². The smallest absolute Gasteiger partial charge is 0.323 e. The maximum atomic E-state index is 12.8. The van der Waals surface area contributed by atoms with Crippen LogP contribution in [-0.4, -0.2) is 66.3 Å². The molecule has 0 saturated carbocycles. The lowest BCUT2D eigenvalue weighted by molar-refractivity contribution is -0.144. The maximum absolute atomic E-state index is 12.8. The molecule has 1 amide bonds. The molecule has 0 unspecified atom stereocenters. The number of hydrogen-bond donors (Lipinski definition) is 1. The van der Waals surface area contributed by atoms with Crippen LogP contribution in [0.5, 0.6) is 0 Å². The molecule has 5 nitrogen and oxygen atoms in total. The van der Waals surface area contributed by atoms with Gasteiger partial charge in [0.25, 0.3) is 0 Å². The zero-order valence-electron chi connectivity index (χ0n) is 13.0. The minimum Gasteiger partial charge on any atom is -0.480 e. The Kier molecular flexibility index (Phi) is 5.85. The molecule has 1 N–H and O–H groups in total. The van der Waals surface area contributed by atoms with Gasteiger partial charge < -0.3 is 14.9 Å². The lowest BCUT2D eigenvalue weighted by atomic mass is 10.0. The Morgan fingerprint density at radius 3 is 2.68 bits per heavy atom. The molecular formula is C16H22N2O3S. The van der Waals surface area contributed by atoms with E-state index in [-0.39, 0.29) is 17.7 Å². The van der Waals surface area contributed by atoms with Crippen LogP contribution in [0.2, 0.25) is 0 Å². The monoisotopic (exact) mass is 322 g/mol. The van der Waals surface area contributed by atoms with E-state index < -0.39 is 5.97 Å². The molecular weight excluding hydrogens is 300 g/mol. The van der Waals surface area contributed by atoms with Crippen molar-refractivity contribution in [1.29, 1.82) is 0 Å². The first kappa shape index (κ1) is 16.8. The molecule has 1 atom stereocenters. The highest BCUT2D eigenvalue weighted by atomic mass is 32.2. The first-order valence-electron chi connectivity index (χ1n) is 7.33. The highest BCUT2D eigenvalue weighted by molar-refractivity contribution is 8.00. The second-order valence-corrected chi connectivity index (χ2v) is 6.87. The normalized spacial score (nSPS) is 17.1. The van der Waals surface area contributed by atoms with Crippen molar-refractivity contribution in [1.82, 2.24) is 9.80 Å². The lowest BCUT2D eigenvalue weighted by Crippen LogP contribution is -2.42. The molecule has 1 heterocycles. The number of benzene rings is 1. The number of carboxylic acid groups (broad SMARTS) is 1. The summed E-state index contributed by atoms with van der Waals surface area (Å²) in [5, 5.41) is 8.79. The summed E-state index contributed by atoms with van der Waals surface area (Å²) in [7, 11) is 3.82. The number of rotatable bonds is 6. The van der Waals surface area contributed by atoms with Gasteiger partial charge in [-0.1, -0.05) is 24.3 Å². The van der Waals surface area contributed by atoms with Gasteiger partial charge in [-0.3, -0.25) is 9.59 Å². The Morgan fingerprint density at radius 1 is 1.27 bits per heavy atom. The van der Waals surface area contributed by atoms with Crippen molar-refractivity contribution in [3.63, 3.8) is 0 Å². The van der Waals surface area contributed by atoms with E-state index >= 15 is 0 Å². The quantitative estimate of drug-likeness (QED) is 0.860. The number of aryl methyl sites for hydroxylation is 1. The first-order valence-corrected chi connectivity index (χ1v) is 8.38. The Labute approximate surface area is 135 Å². The van der Waals surface area contributed by atoms with Crippen LogP contribution in [0.3, 0.4) is 0 Å². The lowest BCUT2D eigenvalue weighted by Gasteiger charge is -2.30. The van der Waals surface area contributed by atoms with Gasteiger partial charge >= 0.3 is 5.97 Å². The fraction of sp³-hybridized carbons (Fsp3) is 0.500. The van der Waals surface area contributed by atoms with Crippen LogP contribution in [0.15, 0.2) is 24.3 Å². The molecule has 6 heteroatoms. The van der Waals surface area contributed by atoms with Gasteiger partial charge in [-0.15, -0.1) is 11.8 Å². The van der Waals surface area contributed by atoms with Crippen molar-refractivity contribution >= 4 is 23.6 Å². The van der Waals surface area contributed by atoms with E-state index in [9.17, 15) is 9.59 Å². The zero-order chi connectivity index (χ0) is 16.1. The van der Waals surface area contributed by atoms with Crippen molar-refractivity contribution in [2.75, 3.05) is 39.5 Å². The number of likely N-dealkylation sites (N-methyl/N-ethyl adjacent to an activating group) is 1. The average molecular weight is 322 g/mol. The zero-order valence-corrected chi connectivity index (χ0v) is 13.8. The number of thioether (sulfide) groups is 1. The molecule has 1 aliphatic rings. The molecule has 22 heavy (non-hydrogen) atoms. The molecule has 0 saturated heterocycles. The van der Waals surface area contributed by atoms with Gasteiger partial charge in [-0.05, 0) is 37.4 Å². The van der Waals surface area contributed by atoms with E-state index in [2.05, 4.69) is 6.07 Å². The summed E-state index contributed by atoms with van der Waals surface area (Å²) in [6, 6.07) is 7.95. The highest BCUT2D eigenvalue weighted by Gasteiger charge is 2.31. The summed E-state index contributed by atoms with van der Waals surface area (Å²) in [6.45, 7) is 0.835. The molecule has 0 bridgehead atoms. The van der Waals surface area contributed by atoms with Gasteiger partial charge in [0.15, 0.2) is 0 Å². The second kappa shape index (κ2) is 7.65. The highest BCUT2D eigenvalue weighted by Crippen LogP contribution is 2.37. The van der Waals surface area contributed by atoms with E-state index in [0.717, 1.165) is 17.7 Å². The van der Waals surface area contributed by atoms with Gasteiger partial charge in [-0.2, -0.15) is 0 Å². The van der Waals surface area contributed by atoms with E-state index in [1.165, 1.54) is 10.5 Å². The van der Waals surface area contributed by atoms with Crippen molar-refractivity contribution in [3.05, 3.63) is 35.4 Å². The number of carbonyl (C=O) groups excluding carboxylic acids is 1. The minimum absolute atomic E-state index is 0.0959. The molecule has 1 aromatic rings. The number of carboxylic acids is 1. The van der Waals surface area contributed by atoms with E-state index in [4.69, 9.17) is 5.11 Å². The number of hydrogen-bond acceptors (Lipinski definition) is 4. The van der Waals surface area contributed by atoms with Gasteiger partial charge in [-0.25, -0.2) is 0 Å². The second-order valence-electron chi connectivity index (χ2n) is 5.66. The molecule has 1 aliphatic heterocycles. The number of fused-ring (bicyclic) bond motifs is 1. The predicted molar refractivity (Wildman–Crippen MR) is 88.1 cm³/mol. The fourth-order valence-corrected chi connectivity index (χ4v) is 3.79. The first-order chi connectivity index (χ1) is 10.5. The summed E-state index contributed by atoms with van der Waals surface area (Å²) in [6.07, 6.45) is 0.960.